The van der Waals surface area contributed by atoms with Gasteiger partial charge in [0.15, 0.2) is 5.76 Å². The van der Waals surface area contributed by atoms with Crippen molar-refractivity contribution in [2.45, 2.75) is 0 Å². The molecule has 0 aliphatic heterocycles. The number of rotatable bonds is 4. The van der Waals surface area contributed by atoms with E-state index < -0.39 is 38.0 Å². The normalized spacial score (nSPS) is 10.3. The van der Waals surface area contributed by atoms with E-state index in [2.05, 4.69) is 4.42 Å². The molecule has 11 nitrogen and oxygen atoms in total. The Kier molecular flexibility index (Phi) is 2.71. The van der Waals surface area contributed by atoms with Crippen LogP contribution in [0.15, 0.2) is 27.0 Å². The van der Waals surface area contributed by atoms with E-state index in [0.29, 0.717) is 6.07 Å². The van der Waals surface area contributed by atoms with Crippen molar-refractivity contribution in [3.05, 3.63) is 48.5 Å². The summed E-state index contributed by atoms with van der Waals surface area (Å²) < 4.78 is 9.35. The zero-order chi connectivity index (χ0) is 14.2. The van der Waals surface area contributed by atoms with Gasteiger partial charge in [0.05, 0.1) is 11.0 Å². The van der Waals surface area contributed by atoms with Crippen LogP contribution in [0.1, 0.15) is 0 Å². The van der Waals surface area contributed by atoms with Crippen molar-refractivity contribution >= 4 is 17.5 Å². The quantitative estimate of drug-likeness (QED) is 0.603. The molecule has 11 heteroatoms. The van der Waals surface area contributed by atoms with Crippen molar-refractivity contribution in [1.82, 2.24) is 0 Å². The van der Waals surface area contributed by atoms with Gasteiger partial charge < -0.3 is 8.83 Å². The molecule has 0 spiro atoms. The molecule has 2 rings (SSSR count). The Bertz CT molecular complexity index is 684. The van der Waals surface area contributed by atoms with E-state index in [1.54, 1.807) is 0 Å². The van der Waals surface area contributed by atoms with Gasteiger partial charge in [-0.05, 0) is 6.07 Å². The second-order valence-electron chi connectivity index (χ2n) is 3.21. The predicted octanol–water partition coefficient (Wildman–Crippen LogP) is 2.26. The minimum Gasteiger partial charge on any atom is -0.397 e. The molecule has 0 N–H and O–H groups in total. The van der Waals surface area contributed by atoms with Crippen LogP contribution >= 0.6 is 0 Å². The Labute approximate surface area is 102 Å². The molecule has 98 valence electrons. The fourth-order valence-electron chi connectivity index (χ4n) is 1.32. The zero-order valence-electron chi connectivity index (χ0n) is 8.84. The monoisotopic (exact) mass is 269 g/mol. The number of hydrogen-bond acceptors (Lipinski definition) is 8. The molecule has 2 heterocycles. The lowest BCUT2D eigenvalue weighted by Crippen LogP contribution is -1.87. The molecule has 0 saturated heterocycles. The van der Waals surface area contributed by atoms with Gasteiger partial charge >= 0.3 is 17.5 Å². The summed E-state index contributed by atoms with van der Waals surface area (Å²) in [6.45, 7) is 0. The summed E-state index contributed by atoms with van der Waals surface area (Å²) in [7, 11) is 0. The Morgan fingerprint density at radius 2 is 1.47 bits per heavy atom. The van der Waals surface area contributed by atoms with Gasteiger partial charge in [-0.3, -0.25) is 30.3 Å². The molecule has 0 atom stereocenters. The highest BCUT2D eigenvalue weighted by Gasteiger charge is 2.31. The minimum atomic E-state index is -0.964. The average molecular weight is 269 g/mol. The van der Waals surface area contributed by atoms with Crippen molar-refractivity contribution in [2.75, 3.05) is 0 Å². The van der Waals surface area contributed by atoms with Gasteiger partial charge in [-0.1, -0.05) is 0 Å². The molecule has 0 aliphatic rings. The van der Waals surface area contributed by atoms with Crippen LogP contribution in [0, 0.1) is 30.3 Å². The maximum Gasteiger partial charge on any atom is 0.440 e. The number of nitrogens with zero attached hydrogens (tertiary/aromatic N) is 3. The molecule has 0 fully saturated rings. The van der Waals surface area contributed by atoms with E-state index in [9.17, 15) is 30.3 Å². The molecular formula is C8H3N3O8. The summed E-state index contributed by atoms with van der Waals surface area (Å²) in [6.07, 6.45) is 0. The second-order valence-corrected chi connectivity index (χ2v) is 3.21. The van der Waals surface area contributed by atoms with Crippen LogP contribution in [-0.4, -0.2) is 14.8 Å². The summed E-state index contributed by atoms with van der Waals surface area (Å²) >= 11 is 0. The van der Waals surface area contributed by atoms with Gasteiger partial charge in [-0.15, -0.1) is 0 Å². The van der Waals surface area contributed by atoms with Crippen LogP contribution in [0.2, 0.25) is 0 Å². The van der Waals surface area contributed by atoms with E-state index in [1.807, 2.05) is 0 Å². The van der Waals surface area contributed by atoms with E-state index >= 15 is 0 Å². The lowest BCUT2D eigenvalue weighted by atomic mass is 10.3. The van der Waals surface area contributed by atoms with Crippen molar-refractivity contribution in [3.8, 4) is 11.5 Å². The van der Waals surface area contributed by atoms with Crippen LogP contribution in [0.25, 0.3) is 11.5 Å². The minimum absolute atomic E-state index is 0.341. The average Bonchev–Trinajstić information content (AvgIpc) is 2.95. The molecule has 0 radical (unpaired) electrons. The third kappa shape index (κ3) is 2.11. The van der Waals surface area contributed by atoms with E-state index in [4.69, 9.17) is 4.42 Å². The van der Waals surface area contributed by atoms with Gasteiger partial charge in [0, 0.05) is 0 Å². The van der Waals surface area contributed by atoms with Crippen molar-refractivity contribution in [3.63, 3.8) is 0 Å². The van der Waals surface area contributed by atoms with Gasteiger partial charge in [-0.25, -0.2) is 0 Å². The number of nitro groups is 3. The third-order valence-electron chi connectivity index (χ3n) is 2.07. The molecule has 0 aliphatic carbocycles. The molecule has 0 unspecified atom stereocenters. The molecule has 2 aromatic rings. The van der Waals surface area contributed by atoms with Crippen LogP contribution in [0.4, 0.5) is 17.5 Å². The van der Waals surface area contributed by atoms with Crippen molar-refractivity contribution in [2.24, 2.45) is 0 Å². The topological polar surface area (TPSA) is 156 Å². The lowest BCUT2D eigenvalue weighted by Gasteiger charge is -1.89. The highest BCUT2D eigenvalue weighted by Crippen LogP contribution is 2.38. The first-order chi connectivity index (χ1) is 8.90. The lowest BCUT2D eigenvalue weighted by molar-refractivity contribution is -0.403. The second kappa shape index (κ2) is 4.21. The zero-order valence-corrected chi connectivity index (χ0v) is 8.84. The summed E-state index contributed by atoms with van der Waals surface area (Å²) in [4.78, 5) is 28.9. The Hall–Kier alpha value is -3.24. The smallest absolute Gasteiger partial charge is 0.397 e. The Balaban J connectivity index is 2.56. The van der Waals surface area contributed by atoms with Gasteiger partial charge in [-0.2, -0.15) is 0 Å². The molecule has 19 heavy (non-hydrogen) atoms. The summed E-state index contributed by atoms with van der Waals surface area (Å²) in [5.74, 6) is -2.42. The van der Waals surface area contributed by atoms with E-state index in [-0.39, 0.29) is 5.76 Å². The van der Waals surface area contributed by atoms with Crippen LogP contribution in [-0.2, 0) is 0 Å². The molecule has 2 aromatic heterocycles. The third-order valence-corrected chi connectivity index (χ3v) is 2.07. The molecular weight excluding hydrogens is 266 g/mol. The first-order valence-electron chi connectivity index (χ1n) is 4.57. The fraction of sp³-hybridized carbons (Fsp3) is 0. The largest absolute Gasteiger partial charge is 0.440 e. The van der Waals surface area contributed by atoms with Crippen LogP contribution < -0.4 is 0 Å². The summed E-state index contributed by atoms with van der Waals surface area (Å²) in [5.41, 5.74) is -0.712. The summed E-state index contributed by atoms with van der Waals surface area (Å²) in [6, 6.07) is 2.60. The van der Waals surface area contributed by atoms with Crippen molar-refractivity contribution in [1.29, 1.82) is 0 Å². The predicted molar refractivity (Wildman–Crippen MR) is 56.4 cm³/mol. The van der Waals surface area contributed by atoms with Gasteiger partial charge in [0.2, 0.25) is 0 Å². The van der Waals surface area contributed by atoms with Gasteiger partial charge in [0.1, 0.15) is 15.9 Å². The Morgan fingerprint density at radius 3 is 1.95 bits per heavy atom. The van der Waals surface area contributed by atoms with E-state index in [0.717, 1.165) is 12.1 Å². The van der Waals surface area contributed by atoms with Gasteiger partial charge in [0.25, 0.3) is 5.76 Å². The first-order valence-corrected chi connectivity index (χ1v) is 4.57. The highest BCUT2D eigenvalue weighted by molar-refractivity contribution is 5.66. The molecule has 0 bridgehead atoms. The number of hydrogen-bond donors (Lipinski definition) is 0. The molecule has 0 saturated carbocycles. The fourth-order valence-corrected chi connectivity index (χ4v) is 1.32. The maximum absolute atomic E-state index is 10.7. The molecule has 0 aromatic carbocycles. The number of furan rings is 2. The standard InChI is InChI=1S/C8H3N3O8/c12-9(13)4-3-7(11(16)17)19-8(4)5-1-2-6(18-5)10(14)15/h1-3H. The van der Waals surface area contributed by atoms with Crippen LogP contribution in [0.5, 0.6) is 0 Å². The van der Waals surface area contributed by atoms with Crippen LogP contribution in [0.3, 0.4) is 0 Å². The van der Waals surface area contributed by atoms with E-state index in [1.165, 1.54) is 0 Å². The highest BCUT2D eigenvalue weighted by atomic mass is 16.7. The SMILES string of the molecule is O=[N+]([O-])c1ccc(-c2oc([N+](=O)[O-])cc2[N+](=O)[O-])o1. The summed E-state index contributed by atoms with van der Waals surface area (Å²) in [5, 5.41) is 31.6. The van der Waals surface area contributed by atoms with Crippen molar-refractivity contribution < 1.29 is 23.6 Å². The first kappa shape index (κ1) is 12.2. The maximum atomic E-state index is 10.7. The molecule has 0 amide bonds. The Morgan fingerprint density at radius 1 is 0.842 bits per heavy atom.